The number of nitroso groups, excluding NO2 is 1. The minimum absolute atomic E-state index is 0. The van der Waals surface area contributed by atoms with E-state index in [4.69, 9.17) is 10.5 Å². The first-order valence-electron chi connectivity index (χ1n) is 13.6. The Bertz CT molecular complexity index is 369. The molecule has 0 N–H and O–H groups in total. The zero-order valence-electron chi connectivity index (χ0n) is 19.9. The van der Waals surface area contributed by atoms with E-state index in [1.54, 1.807) is 141 Å². The van der Waals surface area contributed by atoms with Crippen LogP contribution in [0.2, 0.25) is 0 Å². The Morgan fingerprint density at radius 3 is 0.806 bits per heavy atom. The number of rotatable bonds is 7. The van der Waals surface area contributed by atoms with E-state index < -0.39 is 0 Å². The first kappa shape index (κ1) is 28.3. The molecular formula is C26H48NOP2Rh-. The Balaban J connectivity index is 0.00000111. The maximum atomic E-state index is 7.25. The smallest absolute Gasteiger partial charge is 0 e. The molecule has 0 aromatic carbocycles. The molecular weight excluding hydrogens is 507 g/mol. The van der Waals surface area contributed by atoms with Crippen LogP contribution in [-0.4, -0.2) is 35.0 Å². The van der Waals surface area contributed by atoms with Crippen molar-refractivity contribution in [2.24, 2.45) is 0 Å². The molecule has 5 heteroatoms. The van der Waals surface area contributed by atoms with E-state index in [0.29, 0.717) is 15.8 Å². The average molecular weight is 556 g/mol. The molecule has 0 aromatic rings. The van der Waals surface area contributed by atoms with Gasteiger partial charge >= 0.3 is 0 Å². The molecule has 0 aromatic heterocycles. The molecule has 2 nitrogen and oxygen atoms in total. The largest absolute Gasteiger partial charge is 0.577 e. The quantitative estimate of drug-likeness (QED) is 0.228. The summed E-state index contributed by atoms with van der Waals surface area (Å²) in [6, 6.07) is 0. The van der Waals surface area contributed by atoms with Crippen molar-refractivity contribution in [1.82, 2.24) is 0 Å². The average Bonchev–Trinajstić information content (AvgIpc) is 2.85. The third-order valence-electron chi connectivity index (χ3n) is 8.79. The van der Waals surface area contributed by atoms with Crippen LogP contribution in [0.3, 0.4) is 0 Å². The van der Waals surface area contributed by atoms with Crippen LogP contribution in [0.15, 0.2) is 0 Å². The molecule has 4 saturated carbocycles. The molecule has 4 rings (SSSR count). The predicted molar refractivity (Wildman–Crippen MR) is 138 cm³/mol. The molecule has 4 aliphatic rings. The minimum Gasteiger partial charge on any atom is -0.577 e. The summed E-state index contributed by atoms with van der Waals surface area (Å²) in [5, 5.41) is 0. The first-order valence-corrected chi connectivity index (χ1v) is 16.9. The Morgan fingerprint density at radius 2 is 0.613 bits per heavy atom. The van der Waals surface area contributed by atoms with Crippen LogP contribution in [-0.2, 0) is 19.5 Å². The van der Waals surface area contributed by atoms with Crippen LogP contribution in [0.5, 0.6) is 0 Å². The van der Waals surface area contributed by atoms with Crippen molar-refractivity contribution in [1.29, 1.82) is 0 Å². The van der Waals surface area contributed by atoms with Crippen LogP contribution in [0.1, 0.15) is 128 Å². The molecule has 183 valence electrons. The summed E-state index contributed by atoms with van der Waals surface area (Å²) in [5.74, 6) is 0. The van der Waals surface area contributed by atoms with Crippen LogP contribution in [0.25, 0.3) is 5.59 Å². The van der Waals surface area contributed by atoms with Crippen molar-refractivity contribution in [3.05, 3.63) is 10.5 Å². The standard InChI is InChI=1S/C26H48P2.NO.Rh/c1-5-13-23(14-6-1)27(24-15-7-2-8-16-24)21-22-28(25-17-9-3-10-18-25)26-19-11-4-12-20-26;1-2;/h23-26H,1-22H2;;/q;-1;. The van der Waals surface area contributed by atoms with Crippen molar-refractivity contribution in [3.63, 3.8) is 0 Å². The Kier molecular flexibility index (Phi) is 15.2. The van der Waals surface area contributed by atoms with Gasteiger partial charge in [0.1, 0.15) is 0 Å². The van der Waals surface area contributed by atoms with Gasteiger partial charge in [-0.05, 0) is 86.3 Å². The first-order chi connectivity index (χ1) is 14.9. The molecule has 1 radical (unpaired) electrons. The molecule has 4 aliphatic carbocycles. The molecule has 0 unspecified atom stereocenters. The number of nitrogens with zero attached hydrogens (tertiary/aromatic N) is 1. The normalized spacial score (nSPS) is 25.1. The molecule has 0 amide bonds. The minimum atomic E-state index is 0. The monoisotopic (exact) mass is 555 g/mol. The molecule has 0 bridgehead atoms. The van der Waals surface area contributed by atoms with E-state index in [0.717, 1.165) is 0 Å². The van der Waals surface area contributed by atoms with Gasteiger partial charge in [0.25, 0.3) is 0 Å². The second-order valence-corrected chi connectivity index (χ2v) is 16.5. The summed E-state index contributed by atoms with van der Waals surface area (Å²) in [6.07, 6.45) is 35.1. The van der Waals surface area contributed by atoms with Crippen LogP contribution in [0.4, 0.5) is 0 Å². The SMILES string of the molecule is C1CCC(P(CCP(C2CCCCC2)C2CCCCC2)C2CCCCC2)CC1.[N-]=O.[Rh]. The van der Waals surface area contributed by atoms with Gasteiger partial charge in [-0.15, -0.1) is 0 Å². The van der Waals surface area contributed by atoms with Crippen molar-refractivity contribution < 1.29 is 19.5 Å². The van der Waals surface area contributed by atoms with Crippen molar-refractivity contribution in [3.8, 4) is 0 Å². The molecule has 0 spiro atoms. The summed E-state index contributed by atoms with van der Waals surface area (Å²) in [6.45, 7) is 0. The van der Waals surface area contributed by atoms with Crippen LogP contribution >= 0.6 is 15.8 Å². The maximum absolute atomic E-state index is 7.25. The zero-order valence-corrected chi connectivity index (χ0v) is 23.4. The van der Waals surface area contributed by atoms with Crippen LogP contribution < -0.4 is 0 Å². The molecule has 4 fully saturated rings. The van der Waals surface area contributed by atoms with Gasteiger partial charge in [0.15, 0.2) is 0 Å². The van der Waals surface area contributed by atoms with Gasteiger partial charge in [0.05, 0.1) is 0 Å². The van der Waals surface area contributed by atoms with Gasteiger partial charge in [-0.2, -0.15) is 0 Å². The van der Waals surface area contributed by atoms with Gasteiger partial charge < -0.3 is 10.5 Å². The zero-order chi connectivity index (χ0) is 21.0. The van der Waals surface area contributed by atoms with Gasteiger partial charge in [-0.1, -0.05) is 92.9 Å². The maximum Gasteiger partial charge on any atom is 0 e. The number of hydrogen-bond donors (Lipinski definition) is 0. The fourth-order valence-corrected chi connectivity index (χ4v) is 15.8. The van der Waals surface area contributed by atoms with Crippen LogP contribution in [0, 0.1) is 4.91 Å². The van der Waals surface area contributed by atoms with E-state index in [9.17, 15) is 0 Å². The Hall–Kier alpha value is 1.08. The van der Waals surface area contributed by atoms with Crippen molar-refractivity contribution >= 4 is 15.8 Å². The van der Waals surface area contributed by atoms with Gasteiger partial charge in [-0.3, -0.25) is 0 Å². The number of hydrogen-bond acceptors (Lipinski definition) is 1. The Morgan fingerprint density at radius 1 is 0.419 bits per heavy atom. The third-order valence-corrected chi connectivity index (χ3v) is 16.4. The molecule has 0 saturated heterocycles. The van der Waals surface area contributed by atoms with E-state index in [2.05, 4.69) is 0 Å². The van der Waals surface area contributed by atoms with Gasteiger partial charge in [0.2, 0.25) is 0 Å². The Labute approximate surface area is 208 Å². The summed E-state index contributed by atoms with van der Waals surface area (Å²) in [4.78, 5) is 7.25. The summed E-state index contributed by atoms with van der Waals surface area (Å²) in [5.41, 5.74) is 10.5. The molecule has 31 heavy (non-hydrogen) atoms. The van der Waals surface area contributed by atoms with Crippen molar-refractivity contribution in [2.45, 2.75) is 151 Å². The van der Waals surface area contributed by atoms with Crippen molar-refractivity contribution in [2.75, 3.05) is 12.3 Å². The molecule has 0 aliphatic heterocycles. The van der Waals surface area contributed by atoms with E-state index >= 15 is 0 Å². The van der Waals surface area contributed by atoms with E-state index in [-0.39, 0.29) is 19.5 Å². The third kappa shape index (κ3) is 8.99. The van der Waals surface area contributed by atoms with Gasteiger partial charge in [0, 0.05) is 19.5 Å². The fraction of sp³-hybridized carbons (Fsp3) is 1.00. The predicted octanol–water partition coefficient (Wildman–Crippen LogP) is 9.60. The molecule has 0 heterocycles. The van der Waals surface area contributed by atoms with E-state index in [1.165, 1.54) is 22.6 Å². The summed E-state index contributed by atoms with van der Waals surface area (Å²) < 4.78 is 0. The molecule has 0 atom stereocenters. The summed E-state index contributed by atoms with van der Waals surface area (Å²) in [7, 11) is 0.689. The van der Waals surface area contributed by atoms with Gasteiger partial charge in [-0.25, -0.2) is 0 Å². The second-order valence-electron chi connectivity index (χ2n) is 10.6. The van der Waals surface area contributed by atoms with E-state index in [1.807, 2.05) is 0 Å². The summed E-state index contributed by atoms with van der Waals surface area (Å²) >= 11 is 0. The topological polar surface area (TPSA) is 39.4 Å². The fourth-order valence-electron chi connectivity index (χ4n) is 7.21. The second kappa shape index (κ2) is 16.7.